The van der Waals surface area contributed by atoms with Gasteiger partial charge in [-0.2, -0.15) is 0 Å². The molecule has 0 aliphatic rings. The lowest BCUT2D eigenvalue weighted by Gasteiger charge is -2.11. The SMILES string of the molecule is Cc1cccc(NC(=O)c2cccc(C(=O)NCCC(C)C)n2)c1C. The molecule has 1 aromatic heterocycles. The molecule has 132 valence electrons. The second kappa shape index (κ2) is 8.42. The van der Waals surface area contributed by atoms with Crippen LogP contribution in [0, 0.1) is 19.8 Å². The van der Waals surface area contributed by atoms with Crippen LogP contribution in [0.4, 0.5) is 5.69 Å². The van der Waals surface area contributed by atoms with Crippen molar-refractivity contribution < 1.29 is 9.59 Å². The van der Waals surface area contributed by atoms with Gasteiger partial charge in [0.25, 0.3) is 11.8 Å². The van der Waals surface area contributed by atoms with Crippen molar-refractivity contribution in [3.63, 3.8) is 0 Å². The van der Waals surface area contributed by atoms with Crippen LogP contribution in [-0.2, 0) is 0 Å². The summed E-state index contributed by atoms with van der Waals surface area (Å²) in [5.74, 6) is -0.0736. The number of nitrogens with one attached hydrogen (secondary N) is 2. The predicted molar refractivity (Wildman–Crippen MR) is 99.9 cm³/mol. The van der Waals surface area contributed by atoms with Crippen LogP contribution in [0.3, 0.4) is 0 Å². The summed E-state index contributed by atoms with van der Waals surface area (Å²) in [6.45, 7) is 8.74. The first-order valence-corrected chi connectivity index (χ1v) is 8.51. The Balaban J connectivity index is 2.08. The van der Waals surface area contributed by atoms with Crippen molar-refractivity contribution in [3.8, 4) is 0 Å². The Hall–Kier alpha value is -2.69. The molecule has 0 bridgehead atoms. The molecular weight excluding hydrogens is 314 g/mol. The number of benzene rings is 1. The standard InChI is InChI=1S/C20H25N3O2/c1-13(2)11-12-21-19(24)17-9-6-10-18(22-17)20(25)23-16-8-5-7-14(3)15(16)4/h5-10,13H,11-12H2,1-4H3,(H,21,24)(H,23,25). The molecular formula is C20H25N3O2. The molecule has 0 fully saturated rings. The van der Waals surface area contributed by atoms with E-state index in [4.69, 9.17) is 0 Å². The average Bonchev–Trinajstić information content (AvgIpc) is 2.58. The van der Waals surface area contributed by atoms with Crippen LogP contribution in [0.15, 0.2) is 36.4 Å². The number of hydrogen-bond donors (Lipinski definition) is 2. The zero-order valence-electron chi connectivity index (χ0n) is 15.2. The summed E-state index contributed by atoms with van der Waals surface area (Å²) in [6.07, 6.45) is 0.901. The zero-order chi connectivity index (χ0) is 18.4. The van der Waals surface area contributed by atoms with Crippen molar-refractivity contribution >= 4 is 17.5 Å². The van der Waals surface area contributed by atoms with E-state index in [1.165, 1.54) is 0 Å². The summed E-state index contributed by atoms with van der Waals surface area (Å²) >= 11 is 0. The monoisotopic (exact) mass is 339 g/mol. The van der Waals surface area contributed by atoms with E-state index in [0.717, 1.165) is 23.2 Å². The fourth-order valence-corrected chi connectivity index (χ4v) is 2.33. The molecule has 0 aliphatic heterocycles. The second-order valence-corrected chi connectivity index (χ2v) is 6.55. The lowest BCUT2D eigenvalue weighted by atomic mass is 10.1. The summed E-state index contributed by atoms with van der Waals surface area (Å²) < 4.78 is 0. The molecule has 0 aliphatic carbocycles. The average molecular weight is 339 g/mol. The minimum absolute atomic E-state index is 0.220. The van der Waals surface area contributed by atoms with E-state index < -0.39 is 0 Å². The number of rotatable bonds is 6. The Kier molecular flexibility index (Phi) is 6.28. The van der Waals surface area contributed by atoms with E-state index in [-0.39, 0.29) is 23.2 Å². The molecule has 2 amide bonds. The van der Waals surface area contributed by atoms with Crippen LogP contribution in [0.1, 0.15) is 52.4 Å². The Morgan fingerprint density at radius 2 is 1.64 bits per heavy atom. The molecule has 0 spiro atoms. The van der Waals surface area contributed by atoms with Crippen molar-refractivity contribution in [1.82, 2.24) is 10.3 Å². The van der Waals surface area contributed by atoms with E-state index in [2.05, 4.69) is 29.5 Å². The molecule has 25 heavy (non-hydrogen) atoms. The lowest BCUT2D eigenvalue weighted by molar-refractivity contribution is 0.0947. The van der Waals surface area contributed by atoms with Crippen LogP contribution in [-0.4, -0.2) is 23.3 Å². The van der Waals surface area contributed by atoms with Gasteiger partial charge in [0.2, 0.25) is 0 Å². The van der Waals surface area contributed by atoms with E-state index in [1.54, 1.807) is 18.2 Å². The Morgan fingerprint density at radius 1 is 1.00 bits per heavy atom. The maximum Gasteiger partial charge on any atom is 0.274 e. The minimum Gasteiger partial charge on any atom is -0.351 e. The summed E-state index contributed by atoms with van der Waals surface area (Å²) in [5.41, 5.74) is 3.33. The minimum atomic E-state index is -0.328. The smallest absolute Gasteiger partial charge is 0.274 e. The molecule has 5 heteroatoms. The highest BCUT2D eigenvalue weighted by molar-refractivity contribution is 6.04. The van der Waals surface area contributed by atoms with Gasteiger partial charge in [0.1, 0.15) is 11.4 Å². The first kappa shape index (κ1) is 18.6. The number of aryl methyl sites for hydroxylation is 1. The van der Waals surface area contributed by atoms with Gasteiger partial charge in [-0.1, -0.05) is 32.0 Å². The summed E-state index contributed by atoms with van der Waals surface area (Å²) in [7, 11) is 0. The number of anilines is 1. The normalized spacial score (nSPS) is 10.6. The van der Waals surface area contributed by atoms with E-state index in [9.17, 15) is 9.59 Å². The van der Waals surface area contributed by atoms with Crippen LogP contribution >= 0.6 is 0 Å². The van der Waals surface area contributed by atoms with Crippen molar-refractivity contribution in [2.45, 2.75) is 34.1 Å². The van der Waals surface area contributed by atoms with Gasteiger partial charge in [-0.3, -0.25) is 9.59 Å². The third-order valence-electron chi connectivity index (χ3n) is 4.07. The van der Waals surface area contributed by atoms with Gasteiger partial charge in [0.05, 0.1) is 0 Å². The van der Waals surface area contributed by atoms with E-state index in [0.29, 0.717) is 12.5 Å². The highest BCUT2D eigenvalue weighted by Crippen LogP contribution is 2.18. The molecule has 0 atom stereocenters. The highest BCUT2D eigenvalue weighted by atomic mass is 16.2. The number of nitrogens with zero attached hydrogens (tertiary/aromatic N) is 1. The predicted octanol–water partition coefficient (Wildman–Crippen LogP) is 3.73. The topological polar surface area (TPSA) is 71.1 Å². The number of carbonyl (C=O) groups is 2. The maximum absolute atomic E-state index is 12.5. The molecule has 0 saturated heterocycles. The number of hydrogen-bond acceptors (Lipinski definition) is 3. The van der Waals surface area contributed by atoms with Gasteiger partial charge >= 0.3 is 0 Å². The van der Waals surface area contributed by atoms with Crippen LogP contribution in [0.25, 0.3) is 0 Å². The first-order valence-electron chi connectivity index (χ1n) is 8.51. The molecule has 2 rings (SSSR count). The van der Waals surface area contributed by atoms with Crippen LogP contribution in [0.2, 0.25) is 0 Å². The van der Waals surface area contributed by atoms with Crippen molar-refractivity contribution in [1.29, 1.82) is 0 Å². The molecule has 0 radical (unpaired) electrons. The highest BCUT2D eigenvalue weighted by Gasteiger charge is 2.13. The Bertz CT molecular complexity index is 769. The van der Waals surface area contributed by atoms with Gasteiger partial charge < -0.3 is 10.6 Å². The number of aromatic nitrogens is 1. The fraction of sp³-hybridized carbons (Fsp3) is 0.350. The van der Waals surface area contributed by atoms with Gasteiger partial charge in [-0.25, -0.2) is 4.98 Å². The van der Waals surface area contributed by atoms with Crippen molar-refractivity contribution in [2.24, 2.45) is 5.92 Å². The van der Waals surface area contributed by atoms with Gasteiger partial charge in [-0.05, 0) is 55.5 Å². The van der Waals surface area contributed by atoms with E-state index in [1.807, 2.05) is 32.0 Å². The van der Waals surface area contributed by atoms with Crippen LogP contribution < -0.4 is 10.6 Å². The Morgan fingerprint density at radius 3 is 2.32 bits per heavy atom. The van der Waals surface area contributed by atoms with Crippen LogP contribution in [0.5, 0.6) is 0 Å². The number of amides is 2. The van der Waals surface area contributed by atoms with Crippen molar-refractivity contribution in [2.75, 3.05) is 11.9 Å². The quantitative estimate of drug-likeness (QED) is 0.842. The largest absolute Gasteiger partial charge is 0.351 e. The van der Waals surface area contributed by atoms with Crippen molar-refractivity contribution in [3.05, 3.63) is 58.9 Å². The summed E-state index contributed by atoms with van der Waals surface area (Å²) in [6, 6.07) is 10.6. The summed E-state index contributed by atoms with van der Waals surface area (Å²) in [5, 5.41) is 5.69. The molecule has 1 heterocycles. The lowest BCUT2D eigenvalue weighted by Crippen LogP contribution is -2.27. The Labute approximate surface area is 148 Å². The third kappa shape index (κ3) is 5.14. The third-order valence-corrected chi connectivity index (χ3v) is 4.07. The molecule has 0 unspecified atom stereocenters. The number of pyridine rings is 1. The zero-order valence-corrected chi connectivity index (χ0v) is 15.2. The second-order valence-electron chi connectivity index (χ2n) is 6.55. The molecule has 5 nitrogen and oxygen atoms in total. The first-order chi connectivity index (χ1) is 11.9. The molecule has 1 aromatic carbocycles. The van der Waals surface area contributed by atoms with Gasteiger partial charge in [0.15, 0.2) is 0 Å². The fourth-order valence-electron chi connectivity index (χ4n) is 2.33. The summed E-state index contributed by atoms with van der Waals surface area (Å²) in [4.78, 5) is 28.8. The molecule has 2 N–H and O–H groups in total. The van der Waals surface area contributed by atoms with Gasteiger partial charge in [0, 0.05) is 12.2 Å². The maximum atomic E-state index is 12.5. The van der Waals surface area contributed by atoms with Gasteiger partial charge in [-0.15, -0.1) is 0 Å². The van der Waals surface area contributed by atoms with E-state index >= 15 is 0 Å². The molecule has 0 saturated carbocycles. The number of carbonyl (C=O) groups excluding carboxylic acids is 2. The molecule has 2 aromatic rings.